The van der Waals surface area contributed by atoms with Gasteiger partial charge >= 0.3 is 5.97 Å². The van der Waals surface area contributed by atoms with Crippen molar-refractivity contribution in [3.63, 3.8) is 0 Å². The smallest absolute Gasteiger partial charge is 0.339 e. The summed E-state index contributed by atoms with van der Waals surface area (Å²) in [6.45, 7) is 0.605. The normalized spacial score (nSPS) is 10.7. The van der Waals surface area contributed by atoms with Crippen molar-refractivity contribution >= 4 is 27.6 Å². The zero-order chi connectivity index (χ0) is 17.5. The number of carbonyl (C=O) groups excluding carboxylic acids is 3. The zero-order valence-corrected chi connectivity index (χ0v) is 13.6. The lowest BCUT2D eigenvalue weighted by Crippen LogP contribution is -2.37. The fourth-order valence-electron chi connectivity index (χ4n) is 1.59. The predicted molar refractivity (Wildman–Crippen MR) is 81.5 cm³/mol. The molecule has 1 rings (SSSR count). The molecule has 0 atom stereocenters. The van der Waals surface area contributed by atoms with Crippen molar-refractivity contribution in [3.8, 4) is 0 Å². The van der Waals surface area contributed by atoms with Crippen LogP contribution in [0.25, 0.3) is 0 Å². The van der Waals surface area contributed by atoms with Gasteiger partial charge in [0.1, 0.15) is 0 Å². The molecule has 1 aromatic rings. The number of hydrogen-bond acceptors (Lipinski definition) is 6. The minimum atomic E-state index is -3.59. The first-order valence-electron chi connectivity index (χ1n) is 6.78. The number of likely N-dealkylation sites (N-methyl/N-ethyl adjacent to an activating group) is 1. The second-order valence-corrected chi connectivity index (χ2v) is 6.67. The highest BCUT2D eigenvalue weighted by molar-refractivity contribution is 7.91. The Hall–Kier alpha value is -2.42. The molecule has 0 aliphatic heterocycles. The summed E-state index contributed by atoms with van der Waals surface area (Å²) >= 11 is 0. The van der Waals surface area contributed by atoms with Gasteiger partial charge in [-0.1, -0.05) is 19.1 Å². The summed E-state index contributed by atoms with van der Waals surface area (Å²) in [5, 5.41) is 4.56. The molecule has 0 heterocycles. The molecule has 9 heteroatoms. The lowest BCUT2D eigenvalue weighted by molar-refractivity contribution is -0.127. The van der Waals surface area contributed by atoms with Gasteiger partial charge in [-0.25, -0.2) is 13.2 Å². The van der Waals surface area contributed by atoms with E-state index >= 15 is 0 Å². The second kappa shape index (κ2) is 8.28. The molecule has 2 N–H and O–H groups in total. The van der Waals surface area contributed by atoms with E-state index in [1.165, 1.54) is 38.2 Å². The van der Waals surface area contributed by atoms with Crippen LogP contribution in [0.1, 0.15) is 17.3 Å². The van der Waals surface area contributed by atoms with Crippen LogP contribution in [0.15, 0.2) is 29.2 Å². The Morgan fingerprint density at radius 1 is 1.13 bits per heavy atom. The Bertz CT molecular complexity index is 699. The van der Waals surface area contributed by atoms with Crippen LogP contribution in [-0.4, -0.2) is 52.2 Å². The highest BCUT2D eigenvalue weighted by Crippen LogP contribution is 2.17. The summed E-state index contributed by atoms with van der Waals surface area (Å²) in [7, 11) is -2.18. The molecule has 0 unspecified atom stereocenters. The summed E-state index contributed by atoms with van der Waals surface area (Å²) in [5.74, 6) is -2.15. The summed E-state index contributed by atoms with van der Waals surface area (Å²) in [6.07, 6.45) is 0. The Morgan fingerprint density at radius 2 is 1.78 bits per heavy atom. The molecule has 126 valence electrons. The van der Waals surface area contributed by atoms with E-state index in [2.05, 4.69) is 10.6 Å². The molecule has 0 aliphatic carbocycles. The van der Waals surface area contributed by atoms with Crippen LogP contribution < -0.4 is 10.6 Å². The van der Waals surface area contributed by atoms with Crippen LogP contribution in [0, 0.1) is 0 Å². The van der Waals surface area contributed by atoms with Gasteiger partial charge < -0.3 is 15.4 Å². The predicted octanol–water partition coefficient (Wildman–Crippen LogP) is -0.501. The largest absolute Gasteiger partial charge is 0.452 e. The van der Waals surface area contributed by atoms with E-state index in [0.29, 0.717) is 0 Å². The molecular weight excluding hydrogens is 324 g/mol. The quantitative estimate of drug-likeness (QED) is 0.645. The number of rotatable bonds is 7. The van der Waals surface area contributed by atoms with Crippen molar-refractivity contribution in [3.05, 3.63) is 29.8 Å². The molecule has 0 spiro atoms. The Labute approximate surface area is 134 Å². The van der Waals surface area contributed by atoms with E-state index in [1.54, 1.807) is 0 Å². The highest BCUT2D eigenvalue weighted by Gasteiger charge is 2.22. The van der Waals surface area contributed by atoms with Crippen molar-refractivity contribution in [2.24, 2.45) is 0 Å². The maximum absolute atomic E-state index is 12.0. The monoisotopic (exact) mass is 342 g/mol. The van der Waals surface area contributed by atoms with Gasteiger partial charge in [-0.3, -0.25) is 9.59 Å². The zero-order valence-electron chi connectivity index (χ0n) is 12.8. The summed E-state index contributed by atoms with van der Waals surface area (Å²) in [4.78, 5) is 34.3. The molecule has 2 amide bonds. The molecule has 0 saturated carbocycles. The third kappa shape index (κ3) is 5.37. The van der Waals surface area contributed by atoms with Crippen molar-refractivity contribution < 1.29 is 27.5 Å². The van der Waals surface area contributed by atoms with Gasteiger partial charge in [0.15, 0.2) is 16.4 Å². The lowest BCUT2D eigenvalue weighted by Gasteiger charge is -2.09. The van der Waals surface area contributed by atoms with Gasteiger partial charge in [-0.15, -0.1) is 0 Å². The van der Waals surface area contributed by atoms with Gasteiger partial charge in [0.2, 0.25) is 5.91 Å². The van der Waals surface area contributed by atoms with Gasteiger partial charge in [-0.05, 0) is 12.1 Å². The van der Waals surface area contributed by atoms with Crippen LogP contribution in [0.2, 0.25) is 0 Å². The number of ether oxygens (including phenoxy) is 1. The molecule has 8 nitrogen and oxygen atoms in total. The number of hydrogen-bond donors (Lipinski definition) is 2. The topological polar surface area (TPSA) is 119 Å². The van der Waals surface area contributed by atoms with E-state index in [9.17, 15) is 22.8 Å². The first kappa shape index (κ1) is 18.6. The fourth-order valence-corrected chi connectivity index (χ4v) is 2.67. The number of esters is 1. The van der Waals surface area contributed by atoms with E-state index in [4.69, 9.17) is 4.74 Å². The standard InChI is InChI=1S/C14H18N2O6S/c1-3-23(20,21)11-7-5-4-6-10(11)14(19)22-9-13(18)16-8-12(17)15-2/h4-7H,3,8-9H2,1-2H3,(H,15,17)(H,16,18). The van der Waals surface area contributed by atoms with E-state index in [-0.39, 0.29) is 22.8 Å². The van der Waals surface area contributed by atoms with Crippen LogP contribution >= 0.6 is 0 Å². The SMILES string of the molecule is CCS(=O)(=O)c1ccccc1C(=O)OCC(=O)NCC(=O)NC. The van der Waals surface area contributed by atoms with E-state index in [0.717, 1.165) is 0 Å². The highest BCUT2D eigenvalue weighted by atomic mass is 32.2. The Balaban J connectivity index is 2.73. The molecule has 1 aromatic carbocycles. The summed E-state index contributed by atoms with van der Waals surface area (Å²) in [5.41, 5.74) is -0.131. The first-order valence-corrected chi connectivity index (χ1v) is 8.43. The first-order chi connectivity index (χ1) is 10.8. The maximum Gasteiger partial charge on any atom is 0.339 e. The molecule has 0 radical (unpaired) electrons. The molecular formula is C14H18N2O6S. The summed E-state index contributed by atoms with van der Waals surface area (Å²) in [6, 6.07) is 5.61. The fraction of sp³-hybridized carbons (Fsp3) is 0.357. The van der Waals surface area contributed by atoms with Gasteiger partial charge in [-0.2, -0.15) is 0 Å². The van der Waals surface area contributed by atoms with Gasteiger partial charge in [0.05, 0.1) is 22.8 Å². The van der Waals surface area contributed by atoms with Crippen LogP contribution in [0.5, 0.6) is 0 Å². The lowest BCUT2D eigenvalue weighted by atomic mass is 10.2. The second-order valence-electron chi connectivity index (χ2n) is 4.43. The van der Waals surface area contributed by atoms with Crippen LogP contribution in [0.3, 0.4) is 0 Å². The van der Waals surface area contributed by atoms with E-state index in [1.807, 2.05) is 0 Å². The molecule has 0 bridgehead atoms. The number of sulfone groups is 1. The van der Waals surface area contributed by atoms with Crippen molar-refractivity contribution in [2.75, 3.05) is 26.0 Å². The molecule has 0 saturated heterocycles. The summed E-state index contributed by atoms with van der Waals surface area (Å²) < 4.78 is 28.7. The van der Waals surface area contributed by atoms with Crippen molar-refractivity contribution in [1.82, 2.24) is 10.6 Å². The Morgan fingerprint density at radius 3 is 2.39 bits per heavy atom. The third-order valence-corrected chi connectivity index (χ3v) is 4.67. The average Bonchev–Trinajstić information content (AvgIpc) is 2.57. The minimum Gasteiger partial charge on any atom is -0.452 e. The van der Waals surface area contributed by atoms with Crippen LogP contribution in [-0.2, 0) is 24.2 Å². The number of nitrogens with one attached hydrogen (secondary N) is 2. The maximum atomic E-state index is 12.0. The average molecular weight is 342 g/mol. The molecule has 0 fully saturated rings. The van der Waals surface area contributed by atoms with Gasteiger partial charge in [0, 0.05) is 7.05 Å². The van der Waals surface area contributed by atoms with Crippen LogP contribution in [0.4, 0.5) is 0 Å². The van der Waals surface area contributed by atoms with E-state index < -0.39 is 34.2 Å². The Kier molecular flexibility index (Phi) is 6.70. The molecule has 0 aliphatic rings. The third-order valence-electron chi connectivity index (χ3n) is 2.88. The minimum absolute atomic E-state index is 0.131. The van der Waals surface area contributed by atoms with Crippen molar-refractivity contribution in [1.29, 1.82) is 0 Å². The molecule has 23 heavy (non-hydrogen) atoms. The number of amides is 2. The number of carbonyl (C=O) groups is 3. The van der Waals surface area contributed by atoms with Gasteiger partial charge in [0.25, 0.3) is 5.91 Å². The van der Waals surface area contributed by atoms with Crippen molar-refractivity contribution in [2.45, 2.75) is 11.8 Å². The number of benzene rings is 1. The molecule has 0 aromatic heterocycles.